The molecule has 0 fully saturated rings. The van der Waals surface area contributed by atoms with Gasteiger partial charge in [0.25, 0.3) is 5.56 Å². The first-order valence-electron chi connectivity index (χ1n) is 3.57. The van der Waals surface area contributed by atoms with Crippen LogP contribution >= 0.6 is 0 Å². The molecular formula is C7H9N3O3. The lowest BCUT2D eigenvalue weighted by Crippen LogP contribution is -2.20. The highest BCUT2D eigenvalue weighted by Gasteiger charge is 2.07. The Morgan fingerprint density at radius 3 is 2.77 bits per heavy atom. The lowest BCUT2D eigenvalue weighted by molar-refractivity contribution is -0.117. The van der Waals surface area contributed by atoms with Crippen molar-refractivity contribution in [3.63, 3.8) is 0 Å². The maximum absolute atomic E-state index is 11.0. The maximum atomic E-state index is 11.0. The van der Waals surface area contributed by atoms with E-state index in [-0.39, 0.29) is 23.7 Å². The zero-order valence-electron chi connectivity index (χ0n) is 7.00. The molecule has 4 N–H and O–H groups in total. The fourth-order valence-electron chi connectivity index (χ4n) is 0.815. The van der Waals surface area contributed by atoms with Gasteiger partial charge >= 0.3 is 0 Å². The standard InChI is InChI=1S/C7H9N3O3/c1-3-6(12)9-5(2-4(8)11)10-7(3)13/h2H2,1H3,(H2,8,11)(H2,9,10,12,13). The number of carbonyl (C=O) groups excluding carboxylic acids is 1. The molecule has 0 unspecified atom stereocenters. The van der Waals surface area contributed by atoms with Gasteiger partial charge in [-0.15, -0.1) is 0 Å². The molecule has 0 bridgehead atoms. The summed E-state index contributed by atoms with van der Waals surface area (Å²) in [7, 11) is 0. The van der Waals surface area contributed by atoms with Crippen LogP contribution in [0.2, 0.25) is 0 Å². The molecule has 0 spiro atoms. The number of rotatable bonds is 2. The normalized spacial score (nSPS) is 9.92. The van der Waals surface area contributed by atoms with Crippen LogP contribution in [0.15, 0.2) is 4.79 Å². The summed E-state index contributed by atoms with van der Waals surface area (Å²) in [6, 6.07) is 0. The monoisotopic (exact) mass is 183 g/mol. The molecule has 13 heavy (non-hydrogen) atoms. The Labute approximate surface area is 73.4 Å². The molecule has 1 aromatic rings. The number of nitrogens with two attached hydrogens (primary N) is 1. The third-order valence-corrected chi connectivity index (χ3v) is 1.52. The molecule has 1 amide bonds. The van der Waals surface area contributed by atoms with E-state index in [4.69, 9.17) is 10.8 Å². The quantitative estimate of drug-likeness (QED) is 0.535. The Morgan fingerprint density at radius 2 is 2.31 bits per heavy atom. The van der Waals surface area contributed by atoms with Gasteiger partial charge in [-0.2, -0.15) is 4.98 Å². The number of nitrogens with zero attached hydrogens (tertiary/aromatic N) is 1. The fourth-order valence-corrected chi connectivity index (χ4v) is 0.815. The minimum atomic E-state index is -0.619. The molecule has 70 valence electrons. The van der Waals surface area contributed by atoms with Gasteiger partial charge in [0.15, 0.2) is 0 Å². The van der Waals surface area contributed by atoms with Crippen molar-refractivity contribution in [3.05, 3.63) is 21.7 Å². The number of primary amides is 1. The number of aromatic hydroxyl groups is 1. The highest BCUT2D eigenvalue weighted by atomic mass is 16.3. The van der Waals surface area contributed by atoms with Gasteiger partial charge < -0.3 is 15.8 Å². The van der Waals surface area contributed by atoms with Crippen molar-refractivity contribution in [1.29, 1.82) is 0 Å². The zero-order chi connectivity index (χ0) is 10.0. The third-order valence-electron chi connectivity index (χ3n) is 1.52. The molecule has 0 saturated carbocycles. The summed E-state index contributed by atoms with van der Waals surface area (Å²) in [5.41, 5.74) is 4.53. The van der Waals surface area contributed by atoms with Gasteiger partial charge in [-0.3, -0.25) is 9.59 Å². The molecular weight excluding hydrogens is 174 g/mol. The van der Waals surface area contributed by atoms with Gasteiger partial charge in [0.1, 0.15) is 5.82 Å². The summed E-state index contributed by atoms with van der Waals surface area (Å²) in [6.45, 7) is 1.43. The van der Waals surface area contributed by atoms with Crippen LogP contribution in [0, 0.1) is 6.92 Å². The number of H-pyrrole nitrogens is 1. The van der Waals surface area contributed by atoms with Crippen LogP contribution in [-0.4, -0.2) is 21.0 Å². The molecule has 1 aromatic heterocycles. The van der Waals surface area contributed by atoms with Gasteiger partial charge in [-0.1, -0.05) is 0 Å². The first-order valence-corrected chi connectivity index (χ1v) is 3.57. The lowest BCUT2D eigenvalue weighted by Gasteiger charge is -1.99. The van der Waals surface area contributed by atoms with E-state index in [0.717, 1.165) is 0 Å². The van der Waals surface area contributed by atoms with Crippen molar-refractivity contribution in [2.45, 2.75) is 13.3 Å². The Balaban J connectivity index is 3.13. The average Bonchev–Trinajstić information content (AvgIpc) is 1.98. The van der Waals surface area contributed by atoms with Crippen LogP contribution in [0.25, 0.3) is 0 Å². The lowest BCUT2D eigenvalue weighted by atomic mass is 10.3. The van der Waals surface area contributed by atoms with Crippen LogP contribution < -0.4 is 11.3 Å². The van der Waals surface area contributed by atoms with Crippen molar-refractivity contribution < 1.29 is 9.90 Å². The Hall–Kier alpha value is -1.85. The molecule has 0 radical (unpaired) electrons. The molecule has 0 aromatic carbocycles. The summed E-state index contributed by atoms with van der Waals surface area (Å²) in [5, 5.41) is 9.11. The summed E-state index contributed by atoms with van der Waals surface area (Å²) in [6.07, 6.45) is -0.191. The average molecular weight is 183 g/mol. The molecule has 1 rings (SSSR count). The Kier molecular flexibility index (Phi) is 2.32. The summed E-state index contributed by atoms with van der Waals surface area (Å²) >= 11 is 0. The van der Waals surface area contributed by atoms with E-state index in [9.17, 15) is 9.59 Å². The van der Waals surface area contributed by atoms with Gasteiger partial charge in [0.05, 0.1) is 12.0 Å². The predicted octanol–water partition coefficient (Wildman–Crippen LogP) is -1.19. The van der Waals surface area contributed by atoms with Gasteiger partial charge in [-0.25, -0.2) is 0 Å². The van der Waals surface area contributed by atoms with E-state index < -0.39 is 11.5 Å². The molecule has 6 heteroatoms. The second kappa shape index (κ2) is 3.26. The summed E-state index contributed by atoms with van der Waals surface area (Å²) in [5.74, 6) is -0.924. The molecule has 0 aliphatic heterocycles. The molecule has 1 heterocycles. The van der Waals surface area contributed by atoms with Crippen LogP contribution in [-0.2, 0) is 11.2 Å². The number of hydrogen-bond acceptors (Lipinski definition) is 4. The minimum absolute atomic E-state index is 0.0700. The van der Waals surface area contributed by atoms with Crippen molar-refractivity contribution in [3.8, 4) is 5.88 Å². The first kappa shape index (κ1) is 9.24. The van der Waals surface area contributed by atoms with E-state index >= 15 is 0 Å². The van der Waals surface area contributed by atoms with E-state index in [2.05, 4.69) is 9.97 Å². The van der Waals surface area contributed by atoms with Crippen molar-refractivity contribution in [2.75, 3.05) is 0 Å². The summed E-state index contributed by atoms with van der Waals surface area (Å²) in [4.78, 5) is 27.4. The van der Waals surface area contributed by atoms with Crippen molar-refractivity contribution in [1.82, 2.24) is 9.97 Å². The van der Waals surface area contributed by atoms with Gasteiger partial charge in [-0.05, 0) is 6.92 Å². The minimum Gasteiger partial charge on any atom is -0.493 e. The van der Waals surface area contributed by atoms with Crippen LogP contribution in [0.3, 0.4) is 0 Å². The number of aromatic nitrogens is 2. The van der Waals surface area contributed by atoms with Crippen LogP contribution in [0.1, 0.15) is 11.4 Å². The predicted molar refractivity (Wildman–Crippen MR) is 44.2 cm³/mol. The highest BCUT2D eigenvalue weighted by Crippen LogP contribution is 2.05. The second-order valence-electron chi connectivity index (χ2n) is 2.60. The van der Waals surface area contributed by atoms with Gasteiger partial charge in [0, 0.05) is 0 Å². The molecule has 0 saturated heterocycles. The second-order valence-corrected chi connectivity index (χ2v) is 2.60. The largest absolute Gasteiger partial charge is 0.493 e. The molecule has 0 aliphatic rings. The van der Waals surface area contributed by atoms with E-state index in [1.807, 2.05) is 0 Å². The highest BCUT2D eigenvalue weighted by molar-refractivity contribution is 5.75. The maximum Gasteiger partial charge on any atom is 0.257 e. The van der Waals surface area contributed by atoms with Gasteiger partial charge in [0.2, 0.25) is 11.8 Å². The van der Waals surface area contributed by atoms with Crippen LogP contribution in [0.4, 0.5) is 0 Å². The number of aromatic amines is 1. The molecule has 6 nitrogen and oxygen atoms in total. The van der Waals surface area contributed by atoms with Crippen molar-refractivity contribution >= 4 is 5.91 Å². The smallest absolute Gasteiger partial charge is 0.257 e. The summed E-state index contributed by atoms with van der Waals surface area (Å²) < 4.78 is 0. The number of carbonyl (C=O) groups is 1. The van der Waals surface area contributed by atoms with Crippen LogP contribution in [0.5, 0.6) is 5.88 Å². The molecule has 0 aliphatic carbocycles. The Morgan fingerprint density at radius 1 is 1.69 bits per heavy atom. The Bertz CT molecular complexity index is 396. The van der Waals surface area contributed by atoms with Crippen molar-refractivity contribution in [2.24, 2.45) is 5.73 Å². The van der Waals surface area contributed by atoms with E-state index in [0.29, 0.717) is 0 Å². The third kappa shape index (κ3) is 2.05. The number of nitrogens with one attached hydrogen (secondary N) is 1. The first-order chi connectivity index (χ1) is 6.00. The molecule has 0 atom stereocenters. The fraction of sp³-hybridized carbons (Fsp3) is 0.286. The SMILES string of the molecule is Cc1c(O)nc(CC(N)=O)[nH]c1=O. The number of amides is 1. The van der Waals surface area contributed by atoms with E-state index in [1.165, 1.54) is 6.92 Å². The zero-order valence-corrected chi connectivity index (χ0v) is 7.00. The topological polar surface area (TPSA) is 109 Å². The van der Waals surface area contributed by atoms with E-state index in [1.54, 1.807) is 0 Å². The number of hydrogen-bond donors (Lipinski definition) is 3.